The van der Waals surface area contributed by atoms with Gasteiger partial charge in [-0.3, -0.25) is 0 Å². The molecule has 0 N–H and O–H groups in total. The van der Waals surface area contributed by atoms with Crippen molar-refractivity contribution < 1.29 is 114 Å². The fraction of sp³-hybridized carbons (Fsp3) is 0.444. The first-order valence-electron chi connectivity index (χ1n) is 23.7. The van der Waals surface area contributed by atoms with Crippen LogP contribution in [0.25, 0.3) is 43.8 Å². The zero-order valence-corrected chi connectivity index (χ0v) is 44.6. The van der Waals surface area contributed by atoms with E-state index in [9.17, 15) is 65.9 Å². The molecule has 0 saturated heterocycles. The summed E-state index contributed by atoms with van der Waals surface area (Å²) in [5.41, 5.74) is -2.94. The third-order valence-corrected chi connectivity index (χ3v) is 16.0. The number of hydrogen-bond donors (Lipinski definition) is 0. The smallest absolute Gasteiger partial charge is 0.416 e. The molecule has 2 saturated carbocycles. The molecule has 0 aliphatic heterocycles. The normalized spacial score (nSPS) is 15.5. The summed E-state index contributed by atoms with van der Waals surface area (Å²) >= 11 is 1.29. The van der Waals surface area contributed by atoms with Crippen LogP contribution in [0.4, 0.5) is 65.9 Å². The van der Waals surface area contributed by atoms with Crippen LogP contribution in [0.5, 0.6) is 0 Å². The molecule has 398 valence electrons. The number of fused-ring (bicyclic) bond motifs is 2. The summed E-state index contributed by atoms with van der Waals surface area (Å²) in [6, 6.07) is 22.1. The Morgan fingerprint density at radius 1 is 0.466 bits per heavy atom. The van der Waals surface area contributed by atoms with E-state index >= 15 is 0 Å². The fourth-order valence-electron chi connectivity index (χ4n) is 9.69. The van der Waals surface area contributed by atoms with E-state index in [1.807, 2.05) is 42.9 Å². The van der Waals surface area contributed by atoms with Crippen molar-refractivity contribution >= 4 is 27.0 Å². The molecule has 6 aromatic carbocycles. The van der Waals surface area contributed by atoms with Crippen LogP contribution in [0.3, 0.4) is 0 Å². The summed E-state index contributed by atoms with van der Waals surface area (Å²) in [5, 5.41) is 3.07. The summed E-state index contributed by atoms with van der Waals surface area (Å²) in [6.45, 7) is 1.93. The molecule has 2 fully saturated rings. The van der Waals surface area contributed by atoms with Crippen molar-refractivity contribution in [3.63, 3.8) is 0 Å². The molecule has 0 nitrogen and oxygen atoms in total. The Labute approximate surface area is 442 Å². The first-order valence-corrected chi connectivity index (χ1v) is 29.6. The quantitative estimate of drug-likeness (QED) is 0.0617. The Hall–Kier alpha value is -3.27. The Balaban J connectivity index is 0.000000265. The third kappa shape index (κ3) is 18.5. The van der Waals surface area contributed by atoms with Gasteiger partial charge in [0.15, 0.2) is 0 Å². The maximum absolute atomic E-state index is 13.3. The number of benzene rings is 4. The van der Waals surface area contributed by atoms with Gasteiger partial charge in [0.2, 0.25) is 0 Å². The monoisotopic (exact) mass is 1170 g/mol. The second-order valence-corrected chi connectivity index (χ2v) is 27.3. The molecule has 2 aliphatic rings. The molecule has 0 spiro atoms. The van der Waals surface area contributed by atoms with Crippen molar-refractivity contribution in [2.45, 2.75) is 140 Å². The van der Waals surface area contributed by atoms with E-state index < -0.39 is 65.0 Å². The van der Waals surface area contributed by atoms with Gasteiger partial charge < -0.3 is 24.8 Å². The Morgan fingerprint density at radius 2 is 0.781 bits per heavy atom. The van der Waals surface area contributed by atoms with Gasteiger partial charge in [-0.15, -0.1) is 69.1 Å². The van der Waals surface area contributed by atoms with Crippen molar-refractivity contribution in [3.8, 4) is 22.3 Å². The minimum atomic E-state index is -4.86. The summed E-state index contributed by atoms with van der Waals surface area (Å²) in [4.78, 5) is 0. The molecular formula is C54H53Cl2F15SiZr-2. The predicted octanol–water partition coefficient (Wildman–Crippen LogP) is 13.7. The molecular weight excluding hydrogens is 1120 g/mol. The van der Waals surface area contributed by atoms with Crippen LogP contribution in [0, 0.1) is 11.8 Å². The van der Waals surface area contributed by atoms with E-state index in [1.165, 1.54) is 74.7 Å². The first-order chi connectivity index (χ1) is 33.1. The molecule has 19 heteroatoms. The number of rotatable bonds is 8. The van der Waals surface area contributed by atoms with Crippen LogP contribution in [-0.2, 0) is 60.9 Å². The fourth-order valence-corrected chi connectivity index (χ4v) is 11.3. The van der Waals surface area contributed by atoms with Crippen LogP contribution < -0.4 is 24.8 Å². The second-order valence-electron chi connectivity index (χ2n) is 19.0. The van der Waals surface area contributed by atoms with Gasteiger partial charge in [-0.25, -0.2) is 0 Å². The molecule has 0 amide bonds. The van der Waals surface area contributed by atoms with Gasteiger partial charge >= 0.3 is 91.8 Å². The molecule has 73 heavy (non-hydrogen) atoms. The Kier molecular flexibility index (Phi) is 22.3. The van der Waals surface area contributed by atoms with Crippen LogP contribution in [0.2, 0.25) is 12.6 Å². The van der Waals surface area contributed by atoms with E-state index in [1.54, 1.807) is 24.3 Å². The number of hydrogen-bond acceptors (Lipinski definition) is 0. The molecule has 6 aromatic rings. The minimum absolute atomic E-state index is 0. The largest absolute Gasteiger partial charge is 1.00 e. The van der Waals surface area contributed by atoms with Gasteiger partial charge in [-0.2, -0.15) is 64.8 Å². The van der Waals surface area contributed by atoms with Crippen molar-refractivity contribution in [3.05, 3.63) is 130 Å². The van der Waals surface area contributed by atoms with Crippen molar-refractivity contribution in [1.29, 1.82) is 0 Å². The summed E-state index contributed by atoms with van der Waals surface area (Å²) in [6.07, 6.45) is -7.67. The molecule has 0 bridgehead atoms. The third-order valence-electron chi connectivity index (χ3n) is 13.2. The van der Waals surface area contributed by atoms with Gasteiger partial charge in [0, 0.05) is 0 Å². The summed E-state index contributed by atoms with van der Waals surface area (Å²) in [5.74, 6) is 1.15. The molecule has 2 aliphatic carbocycles. The van der Waals surface area contributed by atoms with Crippen LogP contribution in [0.15, 0.2) is 97.1 Å². The van der Waals surface area contributed by atoms with Crippen molar-refractivity contribution in [1.82, 2.24) is 0 Å². The number of halogens is 17. The molecule has 0 atom stereocenters. The van der Waals surface area contributed by atoms with Crippen LogP contribution in [-0.4, -0.2) is 11.6 Å². The summed E-state index contributed by atoms with van der Waals surface area (Å²) < 4.78 is 194. The zero-order chi connectivity index (χ0) is 51.9. The van der Waals surface area contributed by atoms with E-state index in [0.717, 1.165) is 84.7 Å². The molecule has 8 rings (SSSR count). The Bertz CT molecular complexity index is 2470. The molecule has 0 aromatic heterocycles. The SMILES string of the molecule is C[Si](=[Zr+2])CCC(F)(F)F.FC(F)(F)c1cc(-c2cccc3[cH-]c(CC4CCCCCC4)cc23)cc(C(F)(F)F)c1.FC(F)(F)c1cc(-c2cccc3[cH-]c(CC4CCCCCC4)cc23)cc(C(F)(F)F)c1.[Cl-].[Cl-]. The predicted molar refractivity (Wildman–Crippen MR) is 247 cm³/mol. The standard InChI is InChI=1S/2C25H23F6.C4H7F3Si.2ClH.Zr/c2*26-24(27,28)20-13-19(14-21(15-20)25(29,30)31)22-9-5-8-18-11-17(12-23(18)22)10-16-6-3-1-2-4-7-16;1-8-3-2-4(5,6)7;;;/h2*5,8-9,11-16H,1-4,6-7,10H2;2-3H2,1H3;2*1H;/q2*-1;;;;+2/p-2. The number of alkyl halides is 15. The average Bonchev–Trinajstić information content (AvgIpc) is 3.66. The van der Waals surface area contributed by atoms with Crippen molar-refractivity contribution in [2.75, 3.05) is 0 Å². The molecule has 0 heterocycles. The van der Waals surface area contributed by atoms with Gasteiger partial charge in [-0.05, 0) is 72.2 Å². The first kappa shape index (κ1) is 62.3. The zero-order valence-electron chi connectivity index (χ0n) is 39.6. The van der Waals surface area contributed by atoms with E-state index in [2.05, 4.69) is 0 Å². The topological polar surface area (TPSA) is 0 Å². The molecule has 0 radical (unpaired) electrons. The molecule has 0 unspecified atom stereocenters. The maximum atomic E-state index is 13.3. The van der Waals surface area contributed by atoms with Gasteiger partial charge in [0.1, 0.15) is 0 Å². The summed E-state index contributed by atoms with van der Waals surface area (Å²) in [7, 11) is 0. The average molecular weight is 1180 g/mol. The van der Waals surface area contributed by atoms with E-state index in [0.29, 0.717) is 39.8 Å². The van der Waals surface area contributed by atoms with E-state index in [-0.39, 0.29) is 48.1 Å². The van der Waals surface area contributed by atoms with Crippen molar-refractivity contribution in [2.24, 2.45) is 11.8 Å². The van der Waals surface area contributed by atoms with Crippen LogP contribution in [0.1, 0.15) is 117 Å². The van der Waals surface area contributed by atoms with Gasteiger partial charge in [0.25, 0.3) is 0 Å². The maximum Gasteiger partial charge on any atom is 0.416 e. The second kappa shape index (κ2) is 26.2. The van der Waals surface area contributed by atoms with Crippen LogP contribution >= 0.6 is 0 Å². The van der Waals surface area contributed by atoms with Gasteiger partial charge in [-0.1, -0.05) is 100 Å². The van der Waals surface area contributed by atoms with E-state index in [4.69, 9.17) is 0 Å². The van der Waals surface area contributed by atoms with Gasteiger partial charge in [0.05, 0.1) is 22.3 Å². The Morgan fingerprint density at radius 3 is 1.04 bits per heavy atom. The minimum Gasteiger partial charge on any atom is -1.00 e.